The highest BCUT2D eigenvalue weighted by atomic mass is 32.1. The van der Waals surface area contributed by atoms with E-state index in [2.05, 4.69) is 20.2 Å². The molecular formula is C12H9N5OS2. The minimum Gasteiger partial charge on any atom is -0.408 e. The number of hydrogen-bond acceptors (Lipinski definition) is 7. The van der Waals surface area contributed by atoms with E-state index in [0.717, 1.165) is 34.1 Å². The van der Waals surface area contributed by atoms with E-state index in [-0.39, 0.29) is 4.84 Å². The zero-order valence-electron chi connectivity index (χ0n) is 10.2. The summed E-state index contributed by atoms with van der Waals surface area (Å²) in [4.78, 5) is 14.3. The number of aromatic amines is 1. The molecule has 0 aliphatic heterocycles. The fourth-order valence-corrected chi connectivity index (χ4v) is 3.13. The van der Waals surface area contributed by atoms with Gasteiger partial charge >= 0.3 is 0 Å². The lowest BCUT2D eigenvalue weighted by Gasteiger charge is -1.93. The molecule has 1 N–H and O–H groups in total. The number of nitrogens with one attached hydrogen (secondary N) is 1. The summed E-state index contributed by atoms with van der Waals surface area (Å²) in [6, 6.07) is 0. The van der Waals surface area contributed by atoms with Crippen molar-refractivity contribution in [3.05, 3.63) is 29.1 Å². The Hall–Kier alpha value is -1.93. The molecule has 8 heteroatoms. The normalized spacial score (nSPS) is 14.6. The SMILES string of the molecule is S=c1[nH]nc(-c2sc(-c3cnccn3)nc2C2CC2)o1. The quantitative estimate of drug-likeness (QED) is 0.748. The largest absolute Gasteiger partial charge is 0.408 e. The topological polar surface area (TPSA) is 80.5 Å². The molecule has 0 bridgehead atoms. The summed E-state index contributed by atoms with van der Waals surface area (Å²) in [6.45, 7) is 0. The monoisotopic (exact) mass is 303 g/mol. The van der Waals surface area contributed by atoms with Gasteiger partial charge in [-0.1, -0.05) is 0 Å². The van der Waals surface area contributed by atoms with Crippen LogP contribution in [0.1, 0.15) is 24.5 Å². The van der Waals surface area contributed by atoms with Gasteiger partial charge in [-0.15, -0.1) is 16.4 Å². The Bertz CT molecular complexity index is 803. The third-order valence-corrected chi connectivity index (χ3v) is 4.29. The van der Waals surface area contributed by atoms with E-state index >= 15 is 0 Å². The van der Waals surface area contributed by atoms with Gasteiger partial charge in [-0.2, -0.15) is 0 Å². The molecule has 20 heavy (non-hydrogen) atoms. The Morgan fingerprint density at radius 2 is 2.25 bits per heavy atom. The highest BCUT2D eigenvalue weighted by Gasteiger charge is 2.32. The predicted molar refractivity (Wildman–Crippen MR) is 75.8 cm³/mol. The average molecular weight is 303 g/mol. The second-order valence-corrected chi connectivity index (χ2v) is 5.89. The van der Waals surface area contributed by atoms with Crippen molar-refractivity contribution in [1.82, 2.24) is 25.1 Å². The molecule has 3 heterocycles. The molecule has 0 radical (unpaired) electrons. The summed E-state index contributed by atoms with van der Waals surface area (Å²) in [5.41, 5.74) is 1.79. The molecular weight excluding hydrogens is 294 g/mol. The van der Waals surface area contributed by atoms with Gasteiger partial charge in [-0.3, -0.25) is 9.97 Å². The van der Waals surface area contributed by atoms with Crippen molar-refractivity contribution >= 4 is 23.6 Å². The summed E-state index contributed by atoms with van der Waals surface area (Å²) in [6.07, 6.45) is 7.32. The Morgan fingerprint density at radius 1 is 1.35 bits per heavy atom. The van der Waals surface area contributed by atoms with Crippen LogP contribution in [0.15, 0.2) is 23.0 Å². The molecule has 0 unspecified atom stereocenters. The maximum atomic E-state index is 5.42. The van der Waals surface area contributed by atoms with Crippen LogP contribution in [0.2, 0.25) is 0 Å². The van der Waals surface area contributed by atoms with Crippen LogP contribution < -0.4 is 0 Å². The highest BCUT2D eigenvalue weighted by Crippen LogP contribution is 2.47. The van der Waals surface area contributed by atoms with Crippen LogP contribution in [0, 0.1) is 4.84 Å². The van der Waals surface area contributed by atoms with Gasteiger partial charge in [0.15, 0.2) is 0 Å². The number of thiazole rings is 1. The van der Waals surface area contributed by atoms with Crippen molar-refractivity contribution in [1.29, 1.82) is 0 Å². The van der Waals surface area contributed by atoms with Gasteiger partial charge in [0.05, 0.1) is 11.9 Å². The van der Waals surface area contributed by atoms with Crippen LogP contribution in [0.4, 0.5) is 0 Å². The van der Waals surface area contributed by atoms with Crippen molar-refractivity contribution < 1.29 is 4.42 Å². The molecule has 0 spiro atoms. The lowest BCUT2D eigenvalue weighted by Crippen LogP contribution is -1.86. The molecule has 3 aromatic heterocycles. The number of rotatable bonds is 3. The number of H-pyrrole nitrogens is 1. The van der Waals surface area contributed by atoms with E-state index in [9.17, 15) is 0 Å². The van der Waals surface area contributed by atoms with Gasteiger partial charge in [0.1, 0.15) is 15.6 Å². The standard InChI is InChI=1S/C12H9N5OS2/c19-12-17-16-10(18-12)9-8(6-1-2-6)15-11(20-9)7-5-13-3-4-14-7/h3-6H,1-2H2,(H,17,19). The number of nitrogens with zero attached hydrogens (tertiary/aromatic N) is 4. The fourth-order valence-electron chi connectivity index (χ4n) is 1.96. The molecule has 4 rings (SSSR count). The summed E-state index contributed by atoms with van der Waals surface area (Å²) in [7, 11) is 0. The molecule has 100 valence electrons. The Morgan fingerprint density at radius 3 is 2.90 bits per heavy atom. The van der Waals surface area contributed by atoms with E-state index in [1.54, 1.807) is 18.6 Å². The van der Waals surface area contributed by atoms with Gasteiger partial charge in [0.2, 0.25) is 0 Å². The smallest absolute Gasteiger partial charge is 0.284 e. The first-order valence-corrected chi connectivity index (χ1v) is 7.37. The van der Waals surface area contributed by atoms with Crippen molar-refractivity contribution in [2.24, 2.45) is 0 Å². The van der Waals surface area contributed by atoms with E-state index in [1.807, 2.05) is 0 Å². The lowest BCUT2D eigenvalue weighted by atomic mass is 10.2. The molecule has 6 nitrogen and oxygen atoms in total. The maximum Gasteiger partial charge on any atom is 0.284 e. The first-order valence-electron chi connectivity index (χ1n) is 6.14. The molecule has 1 aliphatic rings. The summed E-state index contributed by atoms with van der Waals surface area (Å²) in [5, 5.41) is 7.59. The molecule has 0 atom stereocenters. The van der Waals surface area contributed by atoms with Crippen molar-refractivity contribution in [2.75, 3.05) is 0 Å². The molecule has 3 aromatic rings. The van der Waals surface area contributed by atoms with Gasteiger partial charge in [-0.25, -0.2) is 10.1 Å². The molecule has 1 saturated carbocycles. The zero-order chi connectivity index (χ0) is 13.5. The fraction of sp³-hybridized carbons (Fsp3) is 0.250. The van der Waals surface area contributed by atoms with Crippen LogP contribution in [-0.4, -0.2) is 25.1 Å². The molecule has 0 amide bonds. The first kappa shape index (κ1) is 11.9. The van der Waals surface area contributed by atoms with Crippen molar-refractivity contribution in [2.45, 2.75) is 18.8 Å². The molecule has 1 aliphatic carbocycles. The third kappa shape index (κ3) is 2.06. The van der Waals surface area contributed by atoms with Crippen molar-refractivity contribution in [3.63, 3.8) is 0 Å². The summed E-state index contributed by atoms with van der Waals surface area (Å²) in [5.74, 6) is 0.997. The third-order valence-electron chi connectivity index (χ3n) is 3.03. The highest BCUT2D eigenvalue weighted by molar-refractivity contribution is 7.71. The second kappa shape index (κ2) is 4.57. The van der Waals surface area contributed by atoms with Crippen LogP contribution >= 0.6 is 23.6 Å². The minimum atomic E-state index is 0.274. The van der Waals surface area contributed by atoms with E-state index in [1.165, 1.54) is 11.3 Å². The lowest BCUT2D eigenvalue weighted by molar-refractivity contribution is 0.552. The first-order chi connectivity index (χ1) is 9.81. The van der Waals surface area contributed by atoms with Crippen molar-refractivity contribution in [3.8, 4) is 21.5 Å². The maximum absolute atomic E-state index is 5.42. The Balaban J connectivity index is 1.86. The van der Waals surface area contributed by atoms with Gasteiger partial charge in [0.25, 0.3) is 10.7 Å². The Kier molecular flexibility index (Phi) is 2.71. The minimum absolute atomic E-state index is 0.274. The van der Waals surface area contributed by atoms with Gasteiger partial charge < -0.3 is 4.42 Å². The molecule has 0 aromatic carbocycles. The predicted octanol–water partition coefficient (Wildman–Crippen LogP) is 3.19. The van der Waals surface area contributed by atoms with Crippen LogP contribution in [0.25, 0.3) is 21.5 Å². The summed E-state index contributed by atoms with van der Waals surface area (Å²) < 4.78 is 5.42. The van der Waals surface area contributed by atoms with E-state index in [4.69, 9.17) is 21.6 Å². The van der Waals surface area contributed by atoms with Crippen LogP contribution in [0.5, 0.6) is 0 Å². The van der Waals surface area contributed by atoms with Crippen LogP contribution in [-0.2, 0) is 0 Å². The second-order valence-electron chi connectivity index (χ2n) is 4.52. The number of hydrogen-bond donors (Lipinski definition) is 1. The van der Waals surface area contributed by atoms with E-state index < -0.39 is 0 Å². The number of aromatic nitrogens is 5. The van der Waals surface area contributed by atoms with Gasteiger partial charge in [-0.05, 0) is 25.1 Å². The van der Waals surface area contributed by atoms with Gasteiger partial charge in [0, 0.05) is 18.3 Å². The molecule has 1 fully saturated rings. The molecule has 0 saturated heterocycles. The average Bonchev–Trinajstić information content (AvgIpc) is 3.08. The summed E-state index contributed by atoms with van der Waals surface area (Å²) >= 11 is 6.45. The van der Waals surface area contributed by atoms with E-state index in [0.29, 0.717) is 11.8 Å². The zero-order valence-corrected chi connectivity index (χ0v) is 11.9. The Labute approximate surface area is 122 Å². The van der Waals surface area contributed by atoms with Crippen LogP contribution in [0.3, 0.4) is 0 Å².